The van der Waals surface area contributed by atoms with Crippen molar-refractivity contribution in [1.82, 2.24) is 16.2 Å². The Kier molecular flexibility index (Phi) is 9.92. The number of carbonyl (C=O) groups excluding carboxylic acids is 2. The molecule has 0 saturated heterocycles. The van der Waals surface area contributed by atoms with E-state index in [1.807, 2.05) is 44.2 Å². The van der Waals surface area contributed by atoms with Crippen LogP contribution in [0.1, 0.15) is 36.5 Å². The van der Waals surface area contributed by atoms with Gasteiger partial charge in [0.25, 0.3) is 11.8 Å². The first-order chi connectivity index (χ1) is 15.1. The number of ether oxygens (including phenoxy) is 2. The minimum absolute atomic E-state index is 0.0584. The summed E-state index contributed by atoms with van der Waals surface area (Å²) in [6.45, 7) is 7.49. The molecule has 0 heterocycles. The lowest BCUT2D eigenvalue weighted by Crippen LogP contribution is -2.50. The molecule has 7 nitrogen and oxygen atoms in total. The van der Waals surface area contributed by atoms with Crippen molar-refractivity contribution in [2.75, 3.05) is 13.2 Å². The molecule has 32 heavy (non-hydrogen) atoms. The number of nitrogens with one attached hydrogen (secondary N) is 3. The van der Waals surface area contributed by atoms with Gasteiger partial charge in [0.15, 0.2) is 18.3 Å². The maximum Gasteiger partial charge on any atom is 0.276 e. The zero-order valence-corrected chi connectivity index (χ0v) is 22.2. The topological polar surface area (TPSA) is 88.7 Å². The molecule has 2 amide bonds. The number of halogens is 2. The maximum atomic E-state index is 12.1. The van der Waals surface area contributed by atoms with Crippen molar-refractivity contribution in [3.05, 3.63) is 56.0 Å². The number of aryl methyl sites for hydroxylation is 2. The van der Waals surface area contributed by atoms with E-state index < -0.39 is 11.8 Å². The fourth-order valence-electron chi connectivity index (χ4n) is 2.75. The summed E-state index contributed by atoms with van der Waals surface area (Å²) < 4.78 is 12.8. The summed E-state index contributed by atoms with van der Waals surface area (Å²) in [6.07, 6.45) is 0. The van der Waals surface area contributed by atoms with Crippen LogP contribution in [0.4, 0.5) is 0 Å². The van der Waals surface area contributed by atoms with Crippen molar-refractivity contribution in [2.24, 2.45) is 0 Å². The lowest BCUT2D eigenvalue weighted by Gasteiger charge is -2.15. The molecule has 2 aromatic carbocycles. The first-order valence-corrected chi connectivity index (χ1v) is 11.8. The smallest absolute Gasteiger partial charge is 0.276 e. The second kappa shape index (κ2) is 12.2. The first kappa shape index (κ1) is 26.1. The molecule has 0 radical (unpaired) electrons. The van der Waals surface area contributed by atoms with E-state index in [-0.39, 0.29) is 24.2 Å². The van der Waals surface area contributed by atoms with Gasteiger partial charge in [-0.05, 0) is 82.8 Å². The van der Waals surface area contributed by atoms with Crippen molar-refractivity contribution in [2.45, 2.75) is 33.6 Å². The van der Waals surface area contributed by atoms with Gasteiger partial charge in [-0.2, -0.15) is 0 Å². The third-order valence-corrected chi connectivity index (χ3v) is 5.51. The Balaban J connectivity index is 1.76. The summed E-state index contributed by atoms with van der Waals surface area (Å²) in [6, 6.07) is 9.60. The summed E-state index contributed by atoms with van der Waals surface area (Å²) in [5, 5.41) is 2.38. The molecule has 0 atom stereocenters. The third kappa shape index (κ3) is 8.07. The fraction of sp³-hybridized carbons (Fsp3) is 0.318. The van der Waals surface area contributed by atoms with Crippen LogP contribution in [0.15, 0.2) is 39.3 Å². The van der Waals surface area contributed by atoms with E-state index >= 15 is 0 Å². The molecule has 172 valence electrons. The molecule has 2 rings (SSSR count). The number of hydrazine groups is 1. The van der Waals surface area contributed by atoms with E-state index in [1.165, 1.54) is 0 Å². The van der Waals surface area contributed by atoms with Gasteiger partial charge < -0.3 is 9.47 Å². The lowest BCUT2D eigenvalue weighted by molar-refractivity contribution is -0.124. The van der Waals surface area contributed by atoms with Crippen LogP contribution in [0.5, 0.6) is 11.5 Å². The molecule has 0 bridgehead atoms. The number of benzene rings is 2. The van der Waals surface area contributed by atoms with Crippen LogP contribution in [0.2, 0.25) is 0 Å². The van der Waals surface area contributed by atoms with Gasteiger partial charge in [0.1, 0.15) is 11.5 Å². The van der Waals surface area contributed by atoms with Crippen LogP contribution in [-0.4, -0.2) is 30.1 Å². The maximum absolute atomic E-state index is 12.1. The minimum Gasteiger partial charge on any atom is -0.483 e. The van der Waals surface area contributed by atoms with Gasteiger partial charge in [-0.3, -0.25) is 25.8 Å². The summed E-state index contributed by atoms with van der Waals surface area (Å²) >= 11 is 11.8. The number of amides is 2. The van der Waals surface area contributed by atoms with E-state index in [4.69, 9.17) is 21.7 Å². The van der Waals surface area contributed by atoms with Crippen molar-refractivity contribution in [3.63, 3.8) is 0 Å². The first-order valence-electron chi connectivity index (χ1n) is 9.77. The molecule has 0 aliphatic rings. The average molecular weight is 587 g/mol. The van der Waals surface area contributed by atoms with Gasteiger partial charge in [-0.1, -0.05) is 41.9 Å². The van der Waals surface area contributed by atoms with E-state index in [2.05, 4.69) is 61.9 Å². The number of rotatable bonds is 7. The normalized spacial score (nSPS) is 10.5. The summed E-state index contributed by atoms with van der Waals surface area (Å²) in [7, 11) is 0. The lowest BCUT2D eigenvalue weighted by atomic mass is 10.0. The standard InChI is InChI=1S/C22H25Br2N3O4S/c1-12(2)16-6-5-13(3)7-18(16)30-11-20(29)26-27-22(32)25-19(28)10-31-21-14(4)8-15(23)9-17(21)24/h5-9,12H,10-11H2,1-4H3,(H,26,29)(H2,25,27,28,32). The Hall–Kier alpha value is -2.17. The molecule has 0 unspecified atom stereocenters. The van der Waals surface area contributed by atoms with Gasteiger partial charge in [-0.25, -0.2) is 0 Å². The number of hydrogen-bond donors (Lipinski definition) is 3. The Bertz CT molecular complexity index is 992. The Morgan fingerprint density at radius 2 is 1.69 bits per heavy atom. The SMILES string of the molecule is Cc1ccc(C(C)C)c(OCC(=O)NNC(=S)NC(=O)COc2c(C)cc(Br)cc2Br)c1. The fourth-order valence-corrected chi connectivity index (χ4v) is 4.47. The van der Waals surface area contributed by atoms with Crippen molar-refractivity contribution < 1.29 is 19.1 Å². The molecular formula is C22H25Br2N3O4S. The molecule has 10 heteroatoms. The Labute approximate surface area is 209 Å². The van der Waals surface area contributed by atoms with E-state index in [0.717, 1.165) is 25.6 Å². The second-order valence-electron chi connectivity index (χ2n) is 7.36. The third-order valence-electron chi connectivity index (χ3n) is 4.26. The van der Waals surface area contributed by atoms with E-state index in [9.17, 15) is 9.59 Å². The van der Waals surface area contributed by atoms with Crippen LogP contribution in [0, 0.1) is 13.8 Å². The van der Waals surface area contributed by atoms with Gasteiger partial charge in [0.05, 0.1) is 4.47 Å². The zero-order valence-electron chi connectivity index (χ0n) is 18.2. The molecule has 0 aliphatic carbocycles. The average Bonchev–Trinajstić information content (AvgIpc) is 2.69. The zero-order chi connectivity index (χ0) is 23.8. The largest absolute Gasteiger partial charge is 0.483 e. The highest BCUT2D eigenvalue weighted by atomic mass is 79.9. The van der Waals surface area contributed by atoms with Crippen molar-refractivity contribution >= 4 is 61.0 Å². The van der Waals surface area contributed by atoms with Gasteiger partial charge in [0, 0.05) is 4.47 Å². The molecule has 0 saturated carbocycles. The van der Waals surface area contributed by atoms with Gasteiger partial charge in [-0.15, -0.1) is 0 Å². The van der Waals surface area contributed by atoms with Gasteiger partial charge >= 0.3 is 0 Å². The molecule has 0 aromatic heterocycles. The molecule has 0 aliphatic heterocycles. The van der Waals surface area contributed by atoms with Crippen LogP contribution in [0.25, 0.3) is 0 Å². The molecule has 0 spiro atoms. The summed E-state index contributed by atoms with van der Waals surface area (Å²) in [5.74, 6) is 0.577. The van der Waals surface area contributed by atoms with Crippen LogP contribution in [-0.2, 0) is 9.59 Å². The Morgan fingerprint density at radius 1 is 1.00 bits per heavy atom. The van der Waals surface area contributed by atoms with E-state index in [1.54, 1.807) is 0 Å². The van der Waals surface area contributed by atoms with E-state index in [0.29, 0.717) is 11.5 Å². The monoisotopic (exact) mass is 585 g/mol. The van der Waals surface area contributed by atoms with Crippen LogP contribution in [0.3, 0.4) is 0 Å². The highest BCUT2D eigenvalue weighted by Gasteiger charge is 2.13. The molecule has 0 fully saturated rings. The molecular weight excluding hydrogens is 562 g/mol. The predicted molar refractivity (Wildman–Crippen MR) is 135 cm³/mol. The predicted octanol–water partition coefficient (Wildman–Crippen LogP) is 4.43. The summed E-state index contributed by atoms with van der Waals surface area (Å²) in [4.78, 5) is 24.2. The van der Waals surface area contributed by atoms with Crippen molar-refractivity contribution in [3.8, 4) is 11.5 Å². The molecule has 3 N–H and O–H groups in total. The van der Waals surface area contributed by atoms with Crippen LogP contribution < -0.4 is 25.6 Å². The second-order valence-corrected chi connectivity index (χ2v) is 9.54. The summed E-state index contributed by atoms with van der Waals surface area (Å²) in [5.41, 5.74) is 7.80. The highest BCUT2D eigenvalue weighted by molar-refractivity contribution is 9.11. The number of hydrogen-bond acceptors (Lipinski definition) is 5. The Morgan fingerprint density at radius 3 is 2.34 bits per heavy atom. The van der Waals surface area contributed by atoms with Crippen LogP contribution >= 0.6 is 44.1 Å². The molecule has 2 aromatic rings. The number of carbonyl (C=O) groups is 2. The quantitative estimate of drug-likeness (QED) is 0.328. The van der Waals surface area contributed by atoms with Gasteiger partial charge in [0.2, 0.25) is 0 Å². The minimum atomic E-state index is -0.469. The highest BCUT2D eigenvalue weighted by Crippen LogP contribution is 2.32. The number of thiocarbonyl (C=S) groups is 1. The van der Waals surface area contributed by atoms with Crippen molar-refractivity contribution in [1.29, 1.82) is 0 Å².